The molecule has 0 atom stereocenters. The van der Waals surface area contributed by atoms with Gasteiger partial charge in [-0.3, -0.25) is 4.98 Å². The highest BCUT2D eigenvalue weighted by molar-refractivity contribution is 6.62. The summed E-state index contributed by atoms with van der Waals surface area (Å²) in [7, 11) is 1.75. The van der Waals surface area contributed by atoms with Crippen molar-refractivity contribution in [3.63, 3.8) is 0 Å². The molecule has 3 heterocycles. The van der Waals surface area contributed by atoms with Crippen molar-refractivity contribution in [2.75, 3.05) is 20.1 Å². The number of ether oxygens (including phenoxy) is 1. The molecule has 5 nitrogen and oxygen atoms in total. The molecule has 2 saturated heterocycles. The Balaban J connectivity index is 1.69. The molecule has 2 fully saturated rings. The molecule has 0 saturated carbocycles. The van der Waals surface area contributed by atoms with Crippen molar-refractivity contribution in [3.05, 3.63) is 18.5 Å². The highest BCUT2D eigenvalue weighted by Crippen LogP contribution is 2.36. The predicted molar refractivity (Wildman–Crippen MR) is 91.1 cm³/mol. The van der Waals surface area contributed by atoms with E-state index in [2.05, 4.69) is 44.6 Å². The van der Waals surface area contributed by atoms with Crippen LogP contribution in [-0.2, 0) is 9.31 Å². The molecule has 126 valence electrons. The van der Waals surface area contributed by atoms with Crippen molar-refractivity contribution < 1.29 is 14.0 Å². The van der Waals surface area contributed by atoms with Gasteiger partial charge in [-0.2, -0.15) is 0 Å². The maximum absolute atomic E-state index is 6.11. The van der Waals surface area contributed by atoms with E-state index in [4.69, 9.17) is 14.0 Å². The van der Waals surface area contributed by atoms with Gasteiger partial charge in [-0.25, -0.2) is 0 Å². The van der Waals surface area contributed by atoms with E-state index in [0.717, 1.165) is 37.1 Å². The molecule has 1 aromatic rings. The van der Waals surface area contributed by atoms with Crippen LogP contribution in [0.15, 0.2) is 18.5 Å². The van der Waals surface area contributed by atoms with Gasteiger partial charge in [0.2, 0.25) is 0 Å². The average Bonchev–Trinajstić information content (AvgIpc) is 2.70. The Hall–Kier alpha value is -1.11. The first-order valence-corrected chi connectivity index (χ1v) is 8.43. The van der Waals surface area contributed by atoms with Gasteiger partial charge in [0, 0.05) is 24.7 Å². The molecule has 2 aliphatic rings. The molecule has 0 amide bonds. The van der Waals surface area contributed by atoms with Crippen LogP contribution in [0, 0.1) is 0 Å². The van der Waals surface area contributed by atoms with Crippen molar-refractivity contribution in [1.82, 2.24) is 9.88 Å². The molecule has 0 aliphatic carbocycles. The van der Waals surface area contributed by atoms with Gasteiger partial charge >= 0.3 is 7.12 Å². The lowest BCUT2D eigenvalue weighted by Gasteiger charge is -2.32. The second-order valence-corrected chi connectivity index (χ2v) is 7.66. The number of hydrogen-bond donors (Lipinski definition) is 0. The maximum atomic E-state index is 6.11. The number of piperidine rings is 1. The van der Waals surface area contributed by atoms with Gasteiger partial charge in [0.1, 0.15) is 11.9 Å². The number of nitrogens with zero attached hydrogens (tertiary/aromatic N) is 2. The summed E-state index contributed by atoms with van der Waals surface area (Å²) < 4.78 is 18.3. The third-order valence-electron chi connectivity index (χ3n) is 5.23. The Kier molecular flexibility index (Phi) is 4.42. The van der Waals surface area contributed by atoms with E-state index in [0.29, 0.717) is 0 Å². The van der Waals surface area contributed by atoms with E-state index >= 15 is 0 Å². The zero-order chi connectivity index (χ0) is 16.7. The van der Waals surface area contributed by atoms with Gasteiger partial charge in [-0.15, -0.1) is 0 Å². The van der Waals surface area contributed by atoms with Crippen LogP contribution in [0.1, 0.15) is 40.5 Å². The first kappa shape index (κ1) is 16.7. The summed E-state index contributed by atoms with van der Waals surface area (Å²) in [6, 6.07) is 1.99. The van der Waals surface area contributed by atoms with Crippen LogP contribution in [-0.4, -0.2) is 54.4 Å². The lowest BCUT2D eigenvalue weighted by molar-refractivity contribution is 0.00578. The normalized spacial score (nSPS) is 24.8. The number of aromatic nitrogens is 1. The van der Waals surface area contributed by atoms with E-state index in [-0.39, 0.29) is 17.3 Å². The molecule has 0 radical (unpaired) electrons. The summed E-state index contributed by atoms with van der Waals surface area (Å²) in [5.74, 6) is 0.798. The van der Waals surface area contributed by atoms with Crippen LogP contribution < -0.4 is 10.2 Å². The zero-order valence-electron chi connectivity index (χ0n) is 14.8. The third kappa shape index (κ3) is 3.54. The van der Waals surface area contributed by atoms with Gasteiger partial charge in [0.05, 0.1) is 17.4 Å². The summed E-state index contributed by atoms with van der Waals surface area (Å²) in [5, 5.41) is 0. The van der Waals surface area contributed by atoms with Crippen molar-refractivity contribution in [1.29, 1.82) is 0 Å². The molecule has 3 rings (SSSR count). The standard InChI is InChI=1S/C17H27BN2O3/c1-16(2)17(3,4)23-18(22-16)13-10-15(12-19-11-13)21-14-6-8-20(5)9-7-14/h10-12,14H,6-9H2,1-5H3. The SMILES string of the molecule is CN1CCC(Oc2cncc(B3OC(C)(C)C(C)(C)O3)c2)CC1. The smallest absolute Gasteiger partial charge is 0.489 e. The predicted octanol–water partition coefficient (Wildman–Crippen LogP) is 1.85. The van der Waals surface area contributed by atoms with Crippen LogP contribution in [0.5, 0.6) is 5.75 Å². The lowest BCUT2D eigenvalue weighted by atomic mass is 9.80. The lowest BCUT2D eigenvalue weighted by Crippen LogP contribution is -2.41. The fourth-order valence-electron chi connectivity index (χ4n) is 2.90. The van der Waals surface area contributed by atoms with Crippen LogP contribution in [0.4, 0.5) is 0 Å². The van der Waals surface area contributed by atoms with Crippen molar-refractivity contribution in [2.45, 2.75) is 57.8 Å². The van der Waals surface area contributed by atoms with Crippen molar-refractivity contribution in [3.8, 4) is 5.75 Å². The molecule has 0 bridgehead atoms. The summed E-state index contributed by atoms with van der Waals surface area (Å²) in [6.07, 6.45) is 5.94. The molecule has 6 heteroatoms. The fourth-order valence-corrected chi connectivity index (χ4v) is 2.90. The van der Waals surface area contributed by atoms with Crippen LogP contribution >= 0.6 is 0 Å². The Morgan fingerprint density at radius 3 is 2.35 bits per heavy atom. The topological polar surface area (TPSA) is 43.8 Å². The first-order valence-electron chi connectivity index (χ1n) is 8.43. The van der Waals surface area contributed by atoms with Gasteiger partial charge in [0.15, 0.2) is 0 Å². The van der Waals surface area contributed by atoms with E-state index in [1.54, 1.807) is 12.4 Å². The summed E-state index contributed by atoms with van der Waals surface area (Å²) in [6.45, 7) is 10.4. The molecule has 2 aliphatic heterocycles. The molecule has 0 aromatic carbocycles. The fraction of sp³-hybridized carbons (Fsp3) is 0.706. The minimum Gasteiger partial charge on any atom is -0.489 e. The first-order chi connectivity index (χ1) is 10.8. The number of likely N-dealkylation sites (tertiary alicyclic amines) is 1. The van der Waals surface area contributed by atoms with E-state index in [1.165, 1.54) is 0 Å². The zero-order valence-corrected chi connectivity index (χ0v) is 14.8. The molecule has 23 heavy (non-hydrogen) atoms. The number of hydrogen-bond acceptors (Lipinski definition) is 5. The number of pyridine rings is 1. The highest BCUT2D eigenvalue weighted by atomic mass is 16.7. The Morgan fingerprint density at radius 2 is 1.74 bits per heavy atom. The largest absolute Gasteiger partial charge is 0.496 e. The van der Waals surface area contributed by atoms with Gasteiger partial charge in [-0.1, -0.05) is 0 Å². The maximum Gasteiger partial charge on any atom is 0.496 e. The van der Waals surface area contributed by atoms with Crippen molar-refractivity contribution in [2.24, 2.45) is 0 Å². The molecular formula is C17H27BN2O3. The highest BCUT2D eigenvalue weighted by Gasteiger charge is 2.51. The molecule has 0 unspecified atom stereocenters. The minimum atomic E-state index is -0.395. The van der Waals surface area contributed by atoms with Crippen LogP contribution in [0.3, 0.4) is 0 Å². The summed E-state index contributed by atoms with van der Waals surface area (Å²) in [4.78, 5) is 6.64. The van der Waals surface area contributed by atoms with Crippen molar-refractivity contribution >= 4 is 12.6 Å². The van der Waals surface area contributed by atoms with E-state index in [9.17, 15) is 0 Å². The Bertz CT molecular complexity index is 541. The summed E-state index contributed by atoms with van der Waals surface area (Å²) in [5.41, 5.74) is 0.222. The molecule has 0 spiro atoms. The second kappa shape index (κ2) is 6.08. The molecule has 1 aromatic heterocycles. The Morgan fingerprint density at radius 1 is 1.13 bits per heavy atom. The third-order valence-corrected chi connectivity index (χ3v) is 5.23. The van der Waals surface area contributed by atoms with Gasteiger partial charge < -0.3 is 18.9 Å². The van der Waals surface area contributed by atoms with Gasteiger partial charge in [-0.05, 0) is 53.7 Å². The van der Waals surface area contributed by atoms with Crippen LogP contribution in [0.25, 0.3) is 0 Å². The average molecular weight is 318 g/mol. The Labute approximate surface area is 139 Å². The second-order valence-electron chi connectivity index (χ2n) is 7.66. The quantitative estimate of drug-likeness (QED) is 0.796. The van der Waals surface area contributed by atoms with E-state index in [1.807, 2.05) is 6.07 Å². The summed E-state index contributed by atoms with van der Waals surface area (Å²) >= 11 is 0. The van der Waals surface area contributed by atoms with E-state index < -0.39 is 7.12 Å². The molecule has 0 N–H and O–H groups in total. The number of rotatable bonds is 3. The molecular weight excluding hydrogens is 291 g/mol. The minimum absolute atomic E-state index is 0.265. The van der Waals surface area contributed by atoms with Gasteiger partial charge in [0.25, 0.3) is 0 Å². The monoisotopic (exact) mass is 318 g/mol. The van der Waals surface area contributed by atoms with Crippen LogP contribution in [0.2, 0.25) is 0 Å².